The number of benzene rings is 1. The van der Waals surface area contributed by atoms with Gasteiger partial charge in [0.25, 0.3) is 0 Å². The summed E-state index contributed by atoms with van der Waals surface area (Å²) in [4.78, 5) is 0. The van der Waals surface area contributed by atoms with E-state index in [1.54, 1.807) is 6.92 Å². The first-order chi connectivity index (χ1) is 7.08. The molecule has 0 spiro atoms. The molecule has 0 amide bonds. The number of methoxy groups -OCH3 is 1. The van der Waals surface area contributed by atoms with Gasteiger partial charge in [-0.05, 0) is 6.92 Å². The largest absolute Gasteiger partial charge is 0.495 e. The third-order valence-corrected chi connectivity index (χ3v) is 2.00. The highest BCUT2D eigenvalue weighted by molar-refractivity contribution is 5.62. The zero-order valence-corrected chi connectivity index (χ0v) is 8.75. The molecule has 0 radical (unpaired) electrons. The van der Waals surface area contributed by atoms with Crippen molar-refractivity contribution in [1.29, 1.82) is 0 Å². The average Bonchev–Trinajstić information content (AvgIpc) is 2.21. The number of rotatable bonds is 4. The maximum atomic E-state index is 13.4. The van der Waals surface area contributed by atoms with Crippen LogP contribution in [0.2, 0.25) is 0 Å². The lowest BCUT2D eigenvalue weighted by atomic mass is 10.2. The normalized spacial score (nSPS) is 12.3. The molecule has 1 unspecified atom stereocenters. The minimum absolute atomic E-state index is 0.0773. The molecule has 0 saturated carbocycles. The van der Waals surface area contributed by atoms with Crippen molar-refractivity contribution in [3.8, 4) is 5.75 Å². The third kappa shape index (κ3) is 2.73. The summed E-state index contributed by atoms with van der Waals surface area (Å²) >= 11 is 0. The van der Waals surface area contributed by atoms with Crippen LogP contribution in [-0.4, -0.2) is 24.9 Å². The van der Waals surface area contributed by atoms with Crippen molar-refractivity contribution < 1.29 is 14.2 Å². The van der Waals surface area contributed by atoms with Crippen LogP contribution in [0.15, 0.2) is 12.1 Å². The SMILES string of the molecule is COc1cc(NC(C)CO)c(F)cc1N. The van der Waals surface area contributed by atoms with Crippen LogP contribution in [0.4, 0.5) is 15.8 Å². The Morgan fingerprint density at radius 3 is 2.80 bits per heavy atom. The molecule has 5 heteroatoms. The number of anilines is 2. The van der Waals surface area contributed by atoms with E-state index in [9.17, 15) is 4.39 Å². The minimum atomic E-state index is -0.464. The Kier molecular flexibility index (Phi) is 3.74. The number of nitrogen functional groups attached to an aromatic ring is 1. The second-order valence-corrected chi connectivity index (χ2v) is 3.30. The summed E-state index contributed by atoms with van der Waals surface area (Å²) in [6, 6.07) is 2.43. The molecule has 1 aromatic rings. The van der Waals surface area contributed by atoms with Crippen LogP contribution in [0.1, 0.15) is 6.92 Å². The van der Waals surface area contributed by atoms with Crippen LogP contribution in [0.3, 0.4) is 0 Å². The molecule has 0 heterocycles. The van der Waals surface area contributed by atoms with Gasteiger partial charge in [-0.25, -0.2) is 4.39 Å². The van der Waals surface area contributed by atoms with E-state index in [0.29, 0.717) is 5.75 Å². The quantitative estimate of drug-likeness (QED) is 0.659. The molecular formula is C10H15FN2O2. The molecule has 0 aliphatic carbocycles. The zero-order valence-electron chi connectivity index (χ0n) is 8.75. The minimum Gasteiger partial charge on any atom is -0.495 e. The standard InChI is InChI=1S/C10H15FN2O2/c1-6(5-14)13-9-4-10(15-2)8(12)3-7(9)11/h3-4,6,13-14H,5,12H2,1-2H3. The summed E-state index contributed by atoms with van der Waals surface area (Å²) in [5.74, 6) is -0.0577. The number of halogens is 1. The molecule has 0 bridgehead atoms. The summed E-state index contributed by atoms with van der Waals surface area (Å²) in [6.45, 7) is 1.66. The van der Waals surface area contributed by atoms with Gasteiger partial charge in [0.15, 0.2) is 0 Å². The van der Waals surface area contributed by atoms with Gasteiger partial charge >= 0.3 is 0 Å². The molecular weight excluding hydrogens is 199 g/mol. The fourth-order valence-corrected chi connectivity index (χ4v) is 1.17. The summed E-state index contributed by atoms with van der Waals surface area (Å²) < 4.78 is 18.3. The first-order valence-corrected chi connectivity index (χ1v) is 4.59. The number of hydrogen-bond donors (Lipinski definition) is 3. The van der Waals surface area contributed by atoms with Gasteiger partial charge in [0.1, 0.15) is 11.6 Å². The predicted octanol–water partition coefficient (Wildman–Crippen LogP) is 1.21. The Bertz CT molecular complexity index is 344. The number of aliphatic hydroxyl groups excluding tert-OH is 1. The average molecular weight is 214 g/mol. The van der Waals surface area contributed by atoms with E-state index in [1.807, 2.05) is 0 Å². The number of aliphatic hydroxyl groups is 1. The Hall–Kier alpha value is -1.49. The fourth-order valence-electron chi connectivity index (χ4n) is 1.17. The molecule has 1 atom stereocenters. The molecule has 84 valence electrons. The second-order valence-electron chi connectivity index (χ2n) is 3.30. The topological polar surface area (TPSA) is 67.5 Å². The van der Waals surface area contributed by atoms with Crippen LogP contribution in [0, 0.1) is 5.82 Å². The van der Waals surface area contributed by atoms with Gasteiger partial charge < -0.3 is 20.9 Å². The maximum Gasteiger partial charge on any atom is 0.148 e. The molecule has 0 saturated heterocycles. The first kappa shape index (κ1) is 11.6. The molecule has 4 nitrogen and oxygen atoms in total. The lowest BCUT2D eigenvalue weighted by Crippen LogP contribution is -2.20. The van der Waals surface area contributed by atoms with Crippen molar-refractivity contribution in [3.63, 3.8) is 0 Å². The Morgan fingerprint density at radius 1 is 1.60 bits per heavy atom. The van der Waals surface area contributed by atoms with Crippen LogP contribution in [-0.2, 0) is 0 Å². The highest BCUT2D eigenvalue weighted by Gasteiger charge is 2.10. The molecule has 1 rings (SSSR count). The van der Waals surface area contributed by atoms with Gasteiger partial charge in [-0.3, -0.25) is 0 Å². The highest BCUT2D eigenvalue weighted by atomic mass is 19.1. The number of nitrogens with two attached hydrogens (primary N) is 1. The van der Waals surface area contributed by atoms with E-state index >= 15 is 0 Å². The lowest BCUT2D eigenvalue weighted by molar-refractivity contribution is 0.281. The Morgan fingerprint density at radius 2 is 2.27 bits per heavy atom. The Balaban J connectivity index is 2.97. The van der Waals surface area contributed by atoms with Crippen molar-refractivity contribution in [1.82, 2.24) is 0 Å². The molecule has 0 fully saturated rings. The van der Waals surface area contributed by atoms with Crippen LogP contribution < -0.4 is 15.8 Å². The van der Waals surface area contributed by atoms with Crippen LogP contribution in [0.5, 0.6) is 5.75 Å². The summed E-state index contributed by atoms with van der Waals surface area (Å²) in [6.07, 6.45) is 0. The Labute approximate surface area is 87.9 Å². The van der Waals surface area contributed by atoms with E-state index < -0.39 is 5.82 Å². The summed E-state index contributed by atoms with van der Waals surface area (Å²) in [5.41, 5.74) is 6.04. The van der Waals surface area contributed by atoms with Gasteiger partial charge in [-0.2, -0.15) is 0 Å². The third-order valence-electron chi connectivity index (χ3n) is 2.00. The number of nitrogens with one attached hydrogen (secondary N) is 1. The second kappa shape index (κ2) is 4.84. The smallest absolute Gasteiger partial charge is 0.148 e. The van der Waals surface area contributed by atoms with Gasteiger partial charge in [-0.1, -0.05) is 0 Å². The van der Waals surface area contributed by atoms with Crippen molar-refractivity contribution in [2.24, 2.45) is 0 Å². The van der Waals surface area contributed by atoms with E-state index in [2.05, 4.69) is 5.32 Å². The molecule has 0 aromatic heterocycles. The van der Waals surface area contributed by atoms with Crippen molar-refractivity contribution in [2.45, 2.75) is 13.0 Å². The first-order valence-electron chi connectivity index (χ1n) is 4.59. The van der Waals surface area contributed by atoms with Gasteiger partial charge in [0.2, 0.25) is 0 Å². The fraction of sp³-hybridized carbons (Fsp3) is 0.400. The molecule has 0 aliphatic rings. The van der Waals surface area contributed by atoms with Crippen molar-refractivity contribution >= 4 is 11.4 Å². The monoisotopic (exact) mass is 214 g/mol. The van der Waals surface area contributed by atoms with Crippen molar-refractivity contribution in [2.75, 3.05) is 24.8 Å². The predicted molar refractivity (Wildman–Crippen MR) is 57.5 cm³/mol. The van der Waals surface area contributed by atoms with Gasteiger partial charge in [0.05, 0.1) is 25.1 Å². The van der Waals surface area contributed by atoms with Crippen molar-refractivity contribution in [3.05, 3.63) is 17.9 Å². The van der Waals surface area contributed by atoms with Gasteiger partial charge in [0, 0.05) is 18.2 Å². The van der Waals surface area contributed by atoms with Crippen LogP contribution in [0.25, 0.3) is 0 Å². The number of hydrogen-bond acceptors (Lipinski definition) is 4. The summed E-state index contributed by atoms with van der Waals surface area (Å²) in [7, 11) is 1.46. The van der Waals surface area contributed by atoms with Crippen LogP contribution >= 0.6 is 0 Å². The molecule has 15 heavy (non-hydrogen) atoms. The maximum absolute atomic E-state index is 13.4. The van der Waals surface area contributed by atoms with E-state index in [0.717, 1.165) is 0 Å². The lowest BCUT2D eigenvalue weighted by Gasteiger charge is -2.15. The number of ether oxygens (including phenoxy) is 1. The summed E-state index contributed by atoms with van der Waals surface area (Å²) in [5, 5.41) is 11.6. The van der Waals surface area contributed by atoms with E-state index in [4.69, 9.17) is 15.6 Å². The zero-order chi connectivity index (χ0) is 11.4. The molecule has 4 N–H and O–H groups in total. The molecule has 0 aliphatic heterocycles. The van der Waals surface area contributed by atoms with E-state index in [-0.39, 0.29) is 24.0 Å². The highest BCUT2D eigenvalue weighted by Crippen LogP contribution is 2.28. The van der Waals surface area contributed by atoms with E-state index in [1.165, 1.54) is 19.2 Å². The van der Waals surface area contributed by atoms with Gasteiger partial charge in [-0.15, -0.1) is 0 Å². The molecule has 1 aromatic carbocycles.